The van der Waals surface area contributed by atoms with Crippen LogP contribution in [0.3, 0.4) is 0 Å². The van der Waals surface area contributed by atoms with E-state index in [0.29, 0.717) is 25.7 Å². The third kappa shape index (κ3) is 11.4. The van der Waals surface area contributed by atoms with Gasteiger partial charge in [-0.15, -0.1) is 0 Å². The maximum Gasteiger partial charge on any atom is 0.245 e. The fourth-order valence-electron chi connectivity index (χ4n) is 2.78. The molecule has 0 saturated carbocycles. The Morgan fingerprint density at radius 2 is 1.59 bits per heavy atom. The van der Waals surface area contributed by atoms with Gasteiger partial charge in [0.15, 0.2) is 6.29 Å². The van der Waals surface area contributed by atoms with Gasteiger partial charge in [0.2, 0.25) is 12.1 Å². The van der Waals surface area contributed by atoms with E-state index < -0.39 is 40.6 Å². The molecule has 1 radical (unpaired) electrons. The molecule has 0 heterocycles. The molecule has 0 aromatic rings. The van der Waals surface area contributed by atoms with Crippen LogP contribution in [0.15, 0.2) is 12.2 Å². The largest absolute Gasteiger partial charge is 0.386 e. The van der Waals surface area contributed by atoms with Crippen molar-refractivity contribution in [2.75, 3.05) is 0 Å². The number of allylic oxidation sites excluding steroid dienone is 1. The van der Waals surface area contributed by atoms with Gasteiger partial charge in [0, 0.05) is 16.3 Å². The molecule has 0 rings (SSSR count). The maximum atomic E-state index is 11.3. The van der Waals surface area contributed by atoms with Gasteiger partial charge in [0.25, 0.3) is 0 Å². The Hall–Kier alpha value is -1.87. The number of carbonyl (C=O) groups excluding carboxylic acids is 1. The Labute approximate surface area is 159 Å². The number of unbranched alkanes of at least 4 members (excludes halogenated alkanes) is 5. The predicted octanol–water partition coefficient (Wildman–Crippen LogP) is 2.59. The van der Waals surface area contributed by atoms with Crippen molar-refractivity contribution in [3.05, 3.63) is 32.4 Å². The first-order chi connectivity index (χ1) is 12.8. The average Bonchev–Trinajstić information content (AvgIpc) is 2.60. The molecular weight excluding hydrogens is 356 g/mol. The number of aliphatic hydroxyl groups is 2. The first kappa shape index (κ1) is 25.1. The zero-order valence-electron chi connectivity index (χ0n) is 15.9. The molecular formula is C18H31N2O7. The summed E-state index contributed by atoms with van der Waals surface area (Å²) < 4.78 is 0. The molecule has 4 atom stereocenters. The van der Waals surface area contributed by atoms with Gasteiger partial charge in [0.1, 0.15) is 12.2 Å². The number of hydrogen-bond acceptors (Lipinski definition) is 7. The van der Waals surface area contributed by atoms with Crippen LogP contribution in [0.2, 0.25) is 0 Å². The summed E-state index contributed by atoms with van der Waals surface area (Å²) in [6.45, 7) is 1.96. The fraction of sp³-hybridized carbons (Fsp3) is 0.833. The molecule has 155 valence electrons. The zero-order chi connectivity index (χ0) is 20.7. The van der Waals surface area contributed by atoms with Crippen LogP contribution in [-0.4, -0.2) is 50.6 Å². The number of nitro groups is 2. The molecule has 0 aromatic heterocycles. The lowest BCUT2D eigenvalue weighted by Gasteiger charge is -2.20. The van der Waals surface area contributed by atoms with Crippen molar-refractivity contribution < 1.29 is 24.9 Å². The second-order valence-electron chi connectivity index (χ2n) is 6.67. The molecule has 0 aliphatic heterocycles. The molecule has 9 heteroatoms. The Kier molecular flexibility index (Phi) is 14.2. The van der Waals surface area contributed by atoms with Crippen molar-refractivity contribution in [3.8, 4) is 0 Å². The number of nitrogens with zero attached hydrogens (tertiary/aromatic N) is 2. The Bertz CT molecular complexity index is 471. The van der Waals surface area contributed by atoms with Gasteiger partial charge in [-0.1, -0.05) is 38.3 Å². The van der Waals surface area contributed by atoms with Crippen molar-refractivity contribution in [2.45, 2.75) is 95.4 Å². The van der Waals surface area contributed by atoms with Crippen LogP contribution in [0, 0.1) is 20.2 Å². The lowest BCUT2D eigenvalue weighted by molar-refractivity contribution is -0.573. The predicted molar refractivity (Wildman–Crippen MR) is 100 cm³/mol. The van der Waals surface area contributed by atoms with E-state index in [0.717, 1.165) is 19.3 Å². The summed E-state index contributed by atoms with van der Waals surface area (Å²) in [5.41, 5.74) is 0. The van der Waals surface area contributed by atoms with E-state index in [-0.39, 0.29) is 12.8 Å². The van der Waals surface area contributed by atoms with Gasteiger partial charge in [-0.05, 0) is 32.1 Å². The van der Waals surface area contributed by atoms with Crippen LogP contribution in [0.25, 0.3) is 0 Å². The zero-order valence-corrected chi connectivity index (χ0v) is 15.9. The minimum Gasteiger partial charge on any atom is -0.386 e. The van der Waals surface area contributed by atoms with Gasteiger partial charge in [-0.2, -0.15) is 0 Å². The summed E-state index contributed by atoms with van der Waals surface area (Å²) in [7, 11) is 0. The second-order valence-corrected chi connectivity index (χ2v) is 6.67. The first-order valence-electron chi connectivity index (χ1n) is 9.48. The summed E-state index contributed by atoms with van der Waals surface area (Å²) >= 11 is 0. The van der Waals surface area contributed by atoms with Crippen LogP contribution in [0.1, 0.15) is 71.1 Å². The summed E-state index contributed by atoms with van der Waals surface area (Å²) in [4.78, 5) is 31.2. The highest BCUT2D eigenvalue weighted by atomic mass is 16.6. The Morgan fingerprint density at radius 1 is 0.963 bits per heavy atom. The van der Waals surface area contributed by atoms with Crippen molar-refractivity contribution in [2.24, 2.45) is 0 Å². The highest BCUT2D eigenvalue weighted by molar-refractivity contribution is 5.50. The molecule has 0 saturated heterocycles. The smallest absolute Gasteiger partial charge is 0.245 e. The van der Waals surface area contributed by atoms with E-state index in [1.165, 1.54) is 0 Å². The maximum absolute atomic E-state index is 11.3. The molecule has 0 bridgehead atoms. The standard InChI is InChI=1S/C18H31N2O7/c1-2-3-8-11-17(22)15(19(24)25)14-16(20(26)27)18(23)12-9-6-4-5-7-10-13-21/h6,9,15-18,22-23H,2-5,7-8,10-12,14H2,1H3/b9-6-. The lowest BCUT2D eigenvalue weighted by atomic mass is 9.94. The number of hydrogen-bond donors (Lipinski definition) is 2. The van der Waals surface area contributed by atoms with Crippen molar-refractivity contribution in [1.29, 1.82) is 0 Å². The van der Waals surface area contributed by atoms with Crippen LogP contribution in [0.4, 0.5) is 0 Å². The highest BCUT2D eigenvalue weighted by Crippen LogP contribution is 2.18. The molecule has 0 spiro atoms. The van der Waals surface area contributed by atoms with E-state index in [2.05, 4.69) is 0 Å². The van der Waals surface area contributed by atoms with Gasteiger partial charge >= 0.3 is 0 Å². The normalized spacial score (nSPS) is 16.0. The van der Waals surface area contributed by atoms with E-state index >= 15 is 0 Å². The third-order valence-corrected chi connectivity index (χ3v) is 4.46. The van der Waals surface area contributed by atoms with Crippen molar-refractivity contribution in [3.63, 3.8) is 0 Å². The van der Waals surface area contributed by atoms with E-state index in [1.807, 2.05) is 6.92 Å². The summed E-state index contributed by atoms with van der Waals surface area (Å²) in [6.07, 6.45) is 7.03. The van der Waals surface area contributed by atoms with Crippen molar-refractivity contribution >= 4 is 6.29 Å². The number of aliphatic hydroxyl groups excluding tert-OH is 2. The molecule has 2 N–H and O–H groups in total. The average molecular weight is 387 g/mol. The summed E-state index contributed by atoms with van der Waals surface area (Å²) in [6, 6.07) is -2.99. The molecule has 0 aliphatic rings. The second kappa shape index (κ2) is 15.2. The number of rotatable bonds is 17. The minimum absolute atomic E-state index is 0.00180. The molecule has 4 unspecified atom stereocenters. The monoisotopic (exact) mass is 387 g/mol. The van der Waals surface area contributed by atoms with E-state index in [9.17, 15) is 35.2 Å². The molecule has 27 heavy (non-hydrogen) atoms. The molecule has 9 nitrogen and oxygen atoms in total. The van der Waals surface area contributed by atoms with Crippen LogP contribution < -0.4 is 0 Å². The van der Waals surface area contributed by atoms with Crippen molar-refractivity contribution in [1.82, 2.24) is 0 Å². The van der Waals surface area contributed by atoms with Crippen LogP contribution in [0.5, 0.6) is 0 Å². The quantitative estimate of drug-likeness (QED) is 0.169. The SMILES string of the molecule is CCCCCC(O)C(CC(C(O)C/C=C\CCCC[C]=O)[N+](=O)[O-])[N+](=O)[O-]. The van der Waals surface area contributed by atoms with Gasteiger partial charge in [0.05, 0.1) is 6.42 Å². The van der Waals surface area contributed by atoms with Gasteiger partial charge in [-0.3, -0.25) is 25.0 Å². The third-order valence-electron chi connectivity index (χ3n) is 4.46. The van der Waals surface area contributed by atoms with Gasteiger partial charge < -0.3 is 10.2 Å². The van der Waals surface area contributed by atoms with E-state index in [4.69, 9.17) is 0 Å². The highest BCUT2D eigenvalue weighted by Gasteiger charge is 2.40. The summed E-state index contributed by atoms with van der Waals surface area (Å²) in [5.74, 6) is 0. The Balaban J connectivity index is 4.67. The van der Waals surface area contributed by atoms with Gasteiger partial charge in [-0.25, -0.2) is 0 Å². The Morgan fingerprint density at radius 3 is 2.15 bits per heavy atom. The van der Waals surface area contributed by atoms with Crippen LogP contribution >= 0.6 is 0 Å². The summed E-state index contributed by atoms with van der Waals surface area (Å²) in [5, 5.41) is 42.7. The van der Waals surface area contributed by atoms with E-state index in [1.54, 1.807) is 18.4 Å². The fourth-order valence-corrected chi connectivity index (χ4v) is 2.78. The molecule has 0 aromatic carbocycles. The first-order valence-corrected chi connectivity index (χ1v) is 9.48. The lowest BCUT2D eigenvalue weighted by Crippen LogP contribution is -2.43. The molecule has 0 aliphatic carbocycles. The minimum atomic E-state index is -1.52. The molecule has 0 fully saturated rings. The topological polar surface area (TPSA) is 144 Å². The molecule has 0 amide bonds. The van der Waals surface area contributed by atoms with Crippen LogP contribution in [-0.2, 0) is 4.79 Å².